The lowest BCUT2D eigenvalue weighted by Gasteiger charge is -2.34. The summed E-state index contributed by atoms with van der Waals surface area (Å²) in [6.45, 7) is 5.50. The minimum atomic E-state index is -0.328. The summed E-state index contributed by atoms with van der Waals surface area (Å²) in [5, 5.41) is 6.85. The predicted molar refractivity (Wildman–Crippen MR) is 123 cm³/mol. The van der Waals surface area contributed by atoms with Crippen LogP contribution in [0.5, 0.6) is 11.5 Å². The number of methoxy groups -OCH3 is 1. The summed E-state index contributed by atoms with van der Waals surface area (Å²) in [6.07, 6.45) is 4.00. The van der Waals surface area contributed by atoms with Crippen molar-refractivity contribution in [3.63, 3.8) is 0 Å². The molecule has 31 heavy (non-hydrogen) atoms. The van der Waals surface area contributed by atoms with Gasteiger partial charge in [0.05, 0.1) is 13.2 Å². The molecular formula is C23H31N3O4S. The number of ether oxygens (including phenoxy) is 2. The normalized spacial score (nSPS) is 18.1. The molecule has 0 saturated heterocycles. The van der Waals surface area contributed by atoms with Crippen LogP contribution in [-0.4, -0.2) is 48.5 Å². The van der Waals surface area contributed by atoms with Gasteiger partial charge in [-0.3, -0.25) is 9.59 Å². The first-order valence-corrected chi connectivity index (χ1v) is 11.3. The molecule has 0 bridgehead atoms. The van der Waals surface area contributed by atoms with E-state index < -0.39 is 0 Å². The number of benzene rings is 1. The molecule has 0 spiro atoms. The average Bonchev–Trinajstić information content (AvgIpc) is 2.76. The summed E-state index contributed by atoms with van der Waals surface area (Å²) in [5.74, 6) is 1.10. The lowest BCUT2D eigenvalue weighted by molar-refractivity contribution is -0.133. The van der Waals surface area contributed by atoms with Gasteiger partial charge in [-0.05, 0) is 55.6 Å². The third-order valence-electron chi connectivity index (χ3n) is 5.50. The molecule has 1 aromatic rings. The van der Waals surface area contributed by atoms with Gasteiger partial charge >= 0.3 is 0 Å². The molecule has 1 aliphatic heterocycles. The summed E-state index contributed by atoms with van der Waals surface area (Å²) in [5.41, 5.74) is 2.50. The van der Waals surface area contributed by atoms with Crippen molar-refractivity contribution in [2.24, 2.45) is 0 Å². The maximum Gasteiger partial charge on any atom is 0.260 e. The van der Waals surface area contributed by atoms with Gasteiger partial charge in [-0.25, -0.2) is 0 Å². The second-order valence-corrected chi connectivity index (χ2v) is 8.19. The standard InChI is InChI=1S/C23H31N3O4S/c1-4-11-26(12-5-2)20(28)14-30-18-10-9-15(13-19(18)29-3)22-21-16(24-23(31)25-22)7-6-8-17(21)27/h9-10,13,22H,4-8,11-12,14H2,1-3H3,(H2,24,25,31). The van der Waals surface area contributed by atoms with E-state index in [9.17, 15) is 9.59 Å². The second kappa shape index (κ2) is 10.6. The molecule has 0 saturated carbocycles. The van der Waals surface area contributed by atoms with E-state index in [4.69, 9.17) is 21.7 Å². The molecule has 8 heteroatoms. The van der Waals surface area contributed by atoms with Crippen molar-refractivity contribution in [1.29, 1.82) is 0 Å². The van der Waals surface area contributed by atoms with Crippen molar-refractivity contribution < 1.29 is 19.1 Å². The van der Waals surface area contributed by atoms with E-state index in [0.29, 0.717) is 23.0 Å². The SMILES string of the molecule is CCCN(CCC)C(=O)COc1ccc(C2NC(=S)NC3=C2C(=O)CCC3)cc1OC. The summed E-state index contributed by atoms with van der Waals surface area (Å²) < 4.78 is 11.3. The zero-order valence-corrected chi connectivity index (χ0v) is 19.3. The average molecular weight is 446 g/mol. The van der Waals surface area contributed by atoms with Crippen LogP contribution >= 0.6 is 12.2 Å². The number of Topliss-reactive ketones (excluding diaryl/α,β-unsaturated/α-hetero) is 1. The van der Waals surface area contributed by atoms with E-state index in [2.05, 4.69) is 24.5 Å². The van der Waals surface area contributed by atoms with Gasteiger partial charge in [-0.2, -0.15) is 0 Å². The van der Waals surface area contributed by atoms with Gasteiger partial charge in [0.2, 0.25) is 0 Å². The molecule has 0 fully saturated rings. The lowest BCUT2D eigenvalue weighted by Crippen LogP contribution is -2.46. The number of carbonyl (C=O) groups excluding carboxylic acids is 2. The highest BCUT2D eigenvalue weighted by molar-refractivity contribution is 7.80. The van der Waals surface area contributed by atoms with Crippen molar-refractivity contribution in [3.8, 4) is 11.5 Å². The number of nitrogens with one attached hydrogen (secondary N) is 2. The topological polar surface area (TPSA) is 79.9 Å². The van der Waals surface area contributed by atoms with Crippen LogP contribution in [0.25, 0.3) is 0 Å². The summed E-state index contributed by atoms with van der Waals surface area (Å²) in [4.78, 5) is 27.0. The Morgan fingerprint density at radius 1 is 1.19 bits per heavy atom. The van der Waals surface area contributed by atoms with Gasteiger partial charge in [0, 0.05) is 30.8 Å². The number of hydrogen-bond acceptors (Lipinski definition) is 5. The maximum atomic E-state index is 12.6. The fourth-order valence-corrected chi connectivity index (χ4v) is 4.31. The number of hydrogen-bond donors (Lipinski definition) is 2. The minimum Gasteiger partial charge on any atom is -0.493 e. The number of allylic oxidation sites excluding steroid dienone is 1. The van der Waals surface area contributed by atoms with E-state index >= 15 is 0 Å². The first-order valence-electron chi connectivity index (χ1n) is 10.9. The predicted octanol–water partition coefficient (Wildman–Crippen LogP) is 3.25. The highest BCUT2D eigenvalue weighted by Gasteiger charge is 2.33. The molecule has 1 aliphatic carbocycles. The molecule has 1 unspecified atom stereocenters. The molecule has 1 atom stereocenters. The van der Waals surface area contributed by atoms with Gasteiger partial charge in [0.1, 0.15) is 0 Å². The van der Waals surface area contributed by atoms with Gasteiger partial charge in [0.15, 0.2) is 29.0 Å². The molecule has 7 nitrogen and oxygen atoms in total. The van der Waals surface area contributed by atoms with E-state index in [1.165, 1.54) is 0 Å². The van der Waals surface area contributed by atoms with E-state index in [0.717, 1.165) is 55.6 Å². The first-order chi connectivity index (χ1) is 15.0. The van der Waals surface area contributed by atoms with Crippen LogP contribution in [0.1, 0.15) is 57.6 Å². The Morgan fingerprint density at radius 2 is 1.94 bits per heavy atom. The van der Waals surface area contributed by atoms with Crippen LogP contribution in [0.3, 0.4) is 0 Å². The monoisotopic (exact) mass is 445 g/mol. The van der Waals surface area contributed by atoms with E-state index in [-0.39, 0.29) is 24.3 Å². The lowest BCUT2D eigenvalue weighted by atomic mass is 9.85. The van der Waals surface area contributed by atoms with Gasteiger partial charge in [-0.1, -0.05) is 19.9 Å². The van der Waals surface area contributed by atoms with E-state index in [1.807, 2.05) is 17.0 Å². The Kier molecular flexibility index (Phi) is 7.90. The number of ketones is 1. The molecule has 0 radical (unpaired) electrons. The quantitative estimate of drug-likeness (QED) is 0.565. The zero-order chi connectivity index (χ0) is 22.4. The number of amides is 1. The number of rotatable bonds is 9. The Bertz CT molecular complexity index is 878. The smallest absolute Gasteiger partial charge is 0.260 e. The highest BCUT2D eigenvalue weighted by Crippen LogP contribution is 2.37. The minimum absolute atomic E-state index is 0.0391. The summed E-state index contributed by atoms with van der Waals surface area (Å²) in [7, 11) is 1.56. The fourth-order valence-electron chi connectivity index (χ4n) is 4.07. The Morgan fingerprint density at radius 3 is 2.61 bits per heavy atom. The van der Waals surface area contributed by atoms with Gasteiger partial charge in [-0.15, -0.1) is 0 Å². The van der Waals surface area contributed by atoms with Crippen molar-refractivity contribution in [1.82, 2.24) is 15.5 Å². The number of thiocarbonyl (C=S) groups is 1. The van der Waals surface area contributed by atoms with Crippen molar-refractivity contribution in [2.75, 3.05) is 26.8 Å². The molecule has 168 valence electrons. The Balaban J connectivity index is 1.79. The Labute approximate surface area is 189 Å². The third kappa shape index (κ3) is 5.36. The van der Waals surface area contributed by atoms with Gasteiger partial charge < -0.3 is 25.0 Å². The maximum absolute atomic E-state index is 12.6. The molecule has 1 aromatic carbocycles. The van der Waals surface area contributed by atoms with Crippen molar-refractivity contribution in [2.45, 2.75) is 52.0 Å². The van der Waals surface area contributed by atoms with Crippen molar-refractivity contribution in [3.05, 3.63) is 35.0 Å². The highest BCUT2D eigenvalue weighted by atomic mass is 32.1. The molecule has 2 N–H and O–H groups in total. The zero-order valence-electron chi connectivity index (χ0n) is 18.5. The molecular weight excluding hydrogens is 414 g/mol. The molecule has 2 aliphatic rings. The Hall–Kier alpha value is -2.61. The number of nitrogens with zero attached hydrogens (tertiary/aromatic N) is 1. The summed E-state index contributed by atoms with van der Waals surface area (Å²) in [6, 6.07) is 5.18. The van der Waals surface area contributed by atoms with Crippen LogP contribution in [-0.2, 0) is 9.59 Å². The third-order valence-corrected chi connectivity index (χ3v) is 5.72. The van der Waals surface area contributed by atoms with E-state index in [1.54, 1.807) is 13.2 Å². The van der Waals surface area contributed by atoms with Crippen molar-refractivity contribution >= 4 is 29.0 Å². The summed E-state index contributed by atoms with van der Waals surface area (Å²) >= 11 is 5.35. The molecule has 0 aromatic heterocycles. The molecule has 3 rings (SSSR count). The number of carbonyl (C=O) groups is 2. The molecule has 1 heterocycles. The largest absolute Gasteiger partial charge is 0.493 e. The van der Waals surface area contributed by atoms with Crippen LogP contribution < -0.4 is 20.1 Å². The van der Waals surface area contributed by atoms with Gasteiger partial charge in [0.25, 0.3) is 5.91 Å². The molecule has 1 amide bonds. The van der Waals surface area contributed by atoms with Crippen LogP contribution in [0.2, 0.25) is 0 Å². The van der Waals surface area contributed by atoms with Crippen LogP contribution in [0, 0.1) is 0 Å². The van der Waals surface area contributed by atoms with Crippen LogP contribution in [0.4, 0.5) is 0 Å². The fraction of sp³-hybridized carbons (Fsp3) is 0.522. The second-order valence-electron chi connectivity index (χ2n) is 7.78. The van der Waals surface area contributed by atoms with Crippen LogP contribution in [0.15, 0.2) is 29.5 Å². The first kappa shape index (κ1) is 23.1.